The van der Waals surface area contributed by atoms with Crippen LogP contribution in [0.5, 0.6) is 0 Å². The predicted molar refractivity (Wildman–Crippen MR) is 79.2 cm³/mol. The van der Waals surface area contributed by atoms with Gasteiger partial charge in [-0.2, -0.15) is 4.31 Å². The summed E-state index contributed by atoms with van der Waals surface area (Å²) < 4.78 is 31.9. The van der Waals surface area contributed by atoms with E-state index < -0.39 is 10.0 Å². The lowest BCUT2D eigenvalue weighted by atomic mass is 10.2. The fourth-order valence-corrected chi connectivity index (χ4v) is 3.47. The number of benzene rings is 1. The van der Waals surface area contributed by atoms with Gasteiger partial charge >= 0.3 is 0 Å². The van der Waals surface area contributed by atoms with E-state index in [2.05, 4.69) is 0 Å². The van der Waals surface area contributed by atoms with Gasteiger partial charge in [0.1, 0.15) is 11.5 Å². The third kappa shape index (κ3) is 3.34. The molecule has 0 saturated carbocycles. The van der Waals surface area contributed by atoms with Crippen molar-refractivity contribution in [2.45, 2.75) is 31.9 Å². The highest BCUT2D eigenvalue weighted by molar-refractivity contribution is 7.89. The Kier molecular flexibility index (Phi) is 4.51. The molecule has 21 heavy (non-hydrogen) atoms. The van der Waals surface area contributed by atoms with Crippen LogP contribution in [0.2, 0.25) is 0 Å². The van der Waals surface area contributed by atoms with Gasteiger partial charge in [-0.15, -0.1) is 0 Å². The maximum atomic E-state index is 12.6. The van der Waals surface area contributed by atoms with E-state index >= 15 is 0 Å². The lowest BCUT2D eigenvalue weighted by Crippen LogP contribution is -2.27. The second-order valence-corrected chi connectivity index (χ2v) is 7.04. The third-order valence-corrected chi connectivity index (χ3v) is 5.24. The largest absolute Gasteiger partial charge is 0.465 e. The first-order valence-electron chi connectivity index (χ1n) is 6.56. The van der Waals surface area contributed by atoms with Gasteiger partial charge in [-0.1, -0.05) is 12.1 Å². The van der Waals surface area contributed by atoms with Gasteiger partial charge in [0.25, 0.3) is 0 Å². The Labute approximate surface area is 124 Å². The number of hydrogen-bond donors (Lipinski definition) is 1. The number of aliphatic hydroxyl groups excluding tert-OH is 1. The number of rotatable bonds is 5. The molecule has 1 N–H and O–H groups in total. The van der Waals surface area contributed by atoms with Crippen LogP contribution in [0, 0.1) is 13.8 Å². The number of aryl methyl sites for hydroxylation is 2. The van der Waals surface area contributed by atoms with Gasteiger partial charge in [-0.25, -0.2) is 8.42 Å². The van der Waals surface area contributed by atoms with Gasteiger partial charge in [0.15, 0.2) is 0 Å². The molecule has 2 aromatic rings. The fourth-order valence-electron chi connectivity index (χ4n) is 2.06. The zero-order valence-corrected chi connectivity index (χ0v) is 13.1. The molecule has 2 rings (SSSR count). The molecular formula is C15H19NO4S. The maximum absolute atomic E-state index is 12.6. The van der Waals surface area contributed by atoms with Crippen molar-refractivity contribution in [1.82, 2.24) is 4.31 Å². The molecule has 0 radical (unpaired) electrons. The molecule has 0 bridgehead atoms. The zero-order valence-electron chi connectivity index (χ0n) is 12.3. The Morgan fingerprint density at radius 1 is 1.19 bits per heavy atom. The number of sulfonamides is 1. The van der Waals surface area contributed by atoms with Crippen molar-refractivity contribution in [2.24, 2.45) is 0 Å². The van der Waals surface area contributed by atoms with E-state index in [9.17, 15) is 13.5 Å². The minimum Gasteiger partial charge on any atom is -0.465 e. The van der Waals surface area contributed by atoms with Gasteiger partial charge in [-0.3, -0.25) is 0 Å². The molecule has 0 fully saturated rings. The molecule has 0 aliphatic heterocycles. The average molecular weight is 309 g/mol. The summed E-state index contributed by atoms with van der Waals surface area (Å²) in [4.78, 5) is 0.208. The van der Waals surface area contributed by atoms with Crippen LogP contribution in [0.1, 0.15) is 22.6 Å². The molecule has 5 nitrogen and oxygen atoms in total. The Bertz CT molecular complexity index is 734. The smallest absolute Gasteiger partial charge is 0.243 e. The molecule has 0 atom stereocenters. The van der Waals surface area contributed by atoms with Crippen LogP contribution >= 0.6 is 0 Å². The van der Waals surface area contributed by atoms with Gasteiger partial charge in [0, 0.05) is 7.05 Å². The van der Waals surface area contributed by atoms with E-state index in [1.54, 1.807) is 31.2 Å². The minimum absolute atomic E-state index is 0.166. The van der Waals surface area contributed by atoms with Crippen molar-refractivity contribution >= 4 is 10.0 Å². The highest BCUT2D eigenvalue weighted by atomic mass is 32.2. The van der Waals surface area contributed by atoms with Crippen LogP contribution in [-0.2, 0) is 23.2 Å². The molecular weight excluding hydrogens is 290 g/mol. The topological polar surface area (TPSA) is 70.8 Å². The molecule has 1 aromatic heterocycles. The zero-order chi connectivity index (χ0) is 15.6. The first-order chi connectivity index (χ1) is 9.84. The highest BCUT2D eigenvalue weighted by Gasteiger charge is 2.24. The van der Waals surface area contributed by atoms with E-state index in [-0.39, 0.29) is 18.0 Å². The van der Waals surface area contributed by atoms with Gasteiger partial charge in [-0.05, 0) is 43.2 Å². The van der Waals surface area contributed by atoms with E-state index in [4.69, 9.17) is 4.42 Å². The summed E-state index contributed by atoms with van der Waals surface area (Å²) in [5, 5.41) is 9.17. The van der Waals surface area contributed by atoms with Crippen molar-refractivity contribution in [3.63, 3.8) is 0 Å². The monoisotopic (exact) mass is 309 g/mol. The second kappa shape index (κ2) is 6.01. The van der Waals surface area contributed by atoms with Crippen LogP contribution < -0.4 is 0 Å². The fraction of sp³-hybridized carbons (Fsp3) is 0.333. The molecule has 0 amide bonds. The summed E-state index contributed by atoms with van der Waals surface area (Å²) in [6.45, 7) is 3.52. The third-order valence-electron chi connectivity index (χ3n) is 3.30. The second-order valence-electron chi connectivity index (χ2n) is 5.03. The van der Waals surface area contributed by atoms with Crippen molar-refractivity contribution in [2.75, 3.05) is 7.05 Å². The van der Waals surface area contributed by atoms with Crippen LogP contribution in [0.3, 0.4) is 0 Å². The van der Waals surface area contributed by atoms with Crippen LogP contribution in [0.15, 0.2) is 39.6 Å². The normalized spacial score (nSPS) is 12.0. The summed E-state index contributed by atoms with van der Waals surface area (Å²) in [6.07, 6.45) is 0. The van der Waals surface area contributed by atoms with E-state index in [1.165, 1.54) is 17.4 Å². The van der Waals surface area contributed by atoms with Crippen molar-refractivity contribution in [3.8, 4) is 0 Å². The summed E-state index contributed by atoms with van der Waals surface area (Å²) in [6, 6.07) is 8.48. The minimum atomic E-state index is -3.63. The molecule has 0 unspecified atom stereocenters. The number of furan rings is 1. The molecule has 0 aliphatic rings. The summed E-state index contributed by atoms with van der Waals surface area (Å²) in [7, 11) is -2.12. The van der Waals surface area contributed by atoms with E-state index in [0.29, 0.717) is 16.9 Å². The van der Waals surface area contributed by atoms with E-state index in [0.717, 1.165) is 5.76 Å². The Balaban J connectivity index is 2.32. The molecule has 1 heterocycles. The van der Waals surface area contributed by atoms with E-state index in [1.807, 2.05) is 6.92 Å². The number of nitrogens with zero attached hydrogens (tertiary/aromatic N) is 1. The van der Waals surface area contributed by atoms with Crippen molar-refractivity contribution < 1.29 is 17.9 Å². The Morgan fingerprint density at radius 3 is 2.48 bits per heavy atom. The maximum Gasteiger partial charge on any atom is 0.243 e. The van der Waals surface area contributed by atoms with Gasteiger partial charge in [0.2, 0.25) is 10.0 Å². The lowest BCUT2D eigenvalue weighted by Gasteiger charge is -2.18. The molecule has 0 aliphatic carbocycles. The number of aliphatic hydroxyl groups is 1. The Hall–Kier alpha value is -1.63. The van der Waals surface area contributed by atoms with Crippen LogP contribution in [-0.4, -0.2) is 24.9 Å². The van der Waals surface area contributed by atoms with Crippen LogP contribution in [0.25, 0.3) is 0 Å². The molecule has 6 heteroatoms. The summed E-state index contributed by atoms with van der Waals surface area (Å²) in [5.74, 6) is 1.34. The quantitative estimate of drug-likeness (QED) is 0.919. The lowest BCUT2D eigenvalue weighted by molar-refractivity contribution is 0.281. The Morgan fingerprint density at radius 2 is 1.90 bits per heavy atom. The molecule has 1 aromatic carbocycles. The van der Waals surface area contributed by atoms with Crippen LogP contribution in [0.4, 0.5) is 0 Å². The van der Waals surface area contributed by atoms with Gasteiger partial charge < -0.3 is 9.52 Å². The highest BCUT2D eigenvalue weighted by Crippen LogP contribution is 2.22. The first-order valence-corrected chi connectivity index (χ1v) is 8.00. The van der Waals surface area contributed by atoms with Gasteiger partial charge in [0.05, 0.1) is 18.0 Å². The summed E-state index contributed by atoms with van der Waals surface area (Å²) >= 11 is 0. The standard InChI is InChI=1S/C15H19NO4S/c1-11-4-6-13(10-17)8-15(11)21(18,19)16(3)9-14-7-5-12(2)20-14/h4-8,17H,9-10H2,1-3H3. The first kappa shape index (κ1) is 15.8. The average Bonchev–Trinajstić information content (AvgIpc) is 2.84. The number of hydrogen-bond acceptors (Lipinski definition) is 4. The molecule has 114 valence electrons. The predicted octanol–water partition coefficient (Wildman–Crippen LogP) is 2.21. The molecule has 0 saturated heterocycles. The van der Waals surface area contributed by atoms with Crippen molar-refractivity contribution in [1.29, 1.82) is 0 Å². The summed E-state index contributed by atoms with van der Waals surface area (Å²) in [5.41, 5.74) is 1.22. The SMILES string of the molecule is Cc1ccc(CN(C)S(=O)(=O)c2cc(CO)ccc2C)o1. The molecule has 0 spiro atoms. The van der Waals surface area contributed by atoms with Crippen molar-refractivity contribution in [3.05, 3.63) is 53.0 Å².